The molecule has 8 heteroatoms. The molecule has 0 spiro atoms. The minimum Gasteiger partial charge on any atom is -0.486 e. The largest absolute Gasteiger partial charge is 0.486 e. The van der Waals surface area contributed by atoms with Crippen LogP contribution in [0.25, 0.3) is 0 Å². The fraction of sp³-hybridized carbons (Fsp3) is 0.467. The van der Waals surface area contributed by atoms with E-state index in [1.807, 2.05) is 0 Å². The Hall–Kier alpha value is -1.99. The molecule has 0 aliphatic carbocycles. The van der Waals surface area contributed by atoms with Crippen LogP contribution in [0.1, 0.15) is 18.4 Å². The molecule has 124 valence electrons. The summed E-state index contributed by atoms with van der Waals surface area (Å²) in [5, 5.41) is 12.0. The normalized spacial score (nSPS) is 22.7. The summed E-state index contributed by atoms with van der Waals surface area (Å²) in [5.74, 6) is -0.314. The van der Waals surface area contributed by atoms with Crippen LogP contribution in [0.2, 0.25) is 5.02 Å². The SMILES string of the molecule is O=C(NCc1cc(Cl)c2c(c1)OCCO2)[C@@H]1CC[C@H](C(=O)O)O1. The Morgan fingerprint density at radius 2 is 1.96 bits per heavy atom. The van der Waals surface area contributed by atoms with Crippen LogP contribution in [0, 0.1) is 0 Å². The van der Waals surface area contributed by atoms with E-state index < -0.39 is 18.2 Å². The molecule has 23 heavy (non-hydrogen) atoms. The molecule has 0 unspecified atom stereocenters. The molecule has 1 amide bonds. The molecule has 2 aliphatic rings. The van der Waals surface area contributed by atoms with Crippen molar-refractivity contribution in [2.24, 2.45) is 0 Å². The monoisotopic (exact) mass is 341 g/mol. The van der Waals surface area contributed by atoms with Gasteiger partial charge in [-0.15, -0.1) is 0 Å². The van der Waals surface area contributed by atoms with Crippen molar-refractivity contribution in [3.63, 3.8) is 0 Å². The number of halogens is 1. The van der Waals surface area contributed by atoms with Crippen LogP contribution in [0.5, 0.6) is 11.5 Å². The fourth-order valence-corrected chi connectivity index (χ4v) is 2.87. The number of benzene rings is 1. The number of nitrogens with one attached hydrogen (secondary N) is 1. The number of hydrogen-bond acceptors (Lipinski definition) is 5. The summed E-state index contributed by atoms with van der Waals surface area (Å²) >= 11 is 6.14. The molecule has 0 aromatic heterocycles. The van der Waals surface area contributed by atoms with Crippen molar-refractivity contribution in [1.82, 2.24) is 5.32 Å². The van der Waals surface area contributed by atoms with E-state index in [0.717, 1.165) is 5.56 Å². The quantitative estimate of drug-likeness (QED) is 0.858. The molecule has 1 saturated heterocycles. The number of amides is 1. The number of carboxylic acids is 1. The maximum atomic E-state index is 12.0. The molecule has 0 bridgehead atoms. The van der Waals surface area contributed by atoms with Crippen molar-refractivity contribution in [2.75, 3.05) is 13.2 Å². The number of carboxylic acid groups (broad SMARTS) is 1. The van der Waals surface area contributed by atoms with Crippen LogP contribution >= 0.6 is 11.6 Å². The van der Waals surface area contributed by atoms with Crippen LogP contribution in [0.15, 0.2) is 12.1 Å². The summed E-state index contributed by atoms with van der Waals surface area (Å²) < 4.78 is 16.1. The minimum atomic E-state index is -1.04. The Morgan fingerprint density at radius 3 is 2.70 bits per heavy atom. The van der Waals surface area contributed by atoms with Gasteiger partial charge in [-0.3, -0.25) is 4.79 Å². The van der Waals surface area contributed by atoms with Gasteiger partial charge in [0, 0.05) is 6.54 Å². The number of carbonyl (C=O) groups is 2. The van der Waals surface area contributed by atoms with Gasteiger partial charge in [-0.25, -0.2) is 4.79 Å². The van der Waals surface area contributed by atoms with Crippen LogP contribution in [-0.4, -0.2) is 42.4 Å². The molecule has 0 radical (unpaired) electrons. The first-order chi connectivity index (χ1) is 11.0. The zero-order valence-corrected chi connectivity index (χ0v) is 13.0. The maximum Gasteiger partial charge on any atom is 0.332 e. The van der Waals surface area contributed by atoms with E-state index in [9.17, 15) is 9.59 Å². The highest BCUT2D eigenvalue weighted by atomic mass is 35.5. The Morgan fingerprint density at radius 1 is 1.22 bits per heavy atom. The average Bonchev–Trinajstić information content (AvgIpc) is 3.03. The highest BCUT2D eigenvalue weighted by Crippen LogP contribution is 2.38. The second-order valence-electron chi connectivity index (χ2n) is 5.35. The van der Waals surface area contributed by atoms with E-state index in [-0.39, 0.29) is 12.5 Å². The Kier molecular flexibility index (Phi) is 4.58. The lowest BCUT2D eigenvalue weighted by Gasteiger charge is -2.20. The van der Waals surface area contributed by atoms with Gasteiger partial charge >= 0.3 is 5.97 Å². The molecule has 1 aromatic rings. The number of rotatable bonds is 4. The molecule has 0 saturated carbocycles. The molecule has 3 rings (SSSR count). The van der Waals surface area contributed by atoms with Crippen LogP contribution in [0.4, 0.5) is 0 Å². The van der Waals surface area contributed by atoms with Gasteiger partial charge < -0.3 is 24.6 Å². The third-order valence-corrected chi connectivity index (χ3v) is 3.99. The van der Waals surface area contributed by atoms with Gasteiger partial charge in [0.2, 0.25) is 5.91 Å². The first-order valence-corrected chi connectivity index (χ1v) is 7.66. The van der Waals surface area contributed by atoms with E-state index in [0.29, 0.717) is 42.6 Å². The number of ether oxygens (including phenoxy) is 3. The fourth-order valence-electron chi connectivity index (χ4n) is 2.58. The molecule has 2 N–H and O–H groups in total. The van der Waals surface area contributed by atoms with Crippen LogP contribution in [0.3, 0.4) is 0 Å². The smallest absolute Gasteiger partial charge is 0.332 e. The van der Waals surface area contributed by atoms with Crippen molar-refractivity contribution >= 4 is 23.5 Å². The highest BCUT2D eigenvalue weighted by Gasteiger charge is 2.34. The molecule has 1 fully saturated rings. The number of carbonyl (C=O) groups excluding carboxylic acids is 1. The van der Waals surface area contributed by atoms with Crippen molar-refractivity contribution in [3.8, 4) is 11.5 Å². The summed E-state index contributed by atoms with van der Waals surface area (Å²) in [6.07, 6.45) is -0.910. The summed E-state index contributed by atoms with van der Waals surface area (Å²) in [7, 11) is 0. The lowest BCUT2D eigenvalue weighted by Crippen LogP contribution is -2.35. The first kappa shape index (κ1) is 15.9. The van der Waals surface area contributed by atoms with E-state index in [4.69, 9.17) is 30.9 Å². The minimum absolute atomic E-state index is 0.243. The van der Waals surface area contributed by atoms with Crippen molar-refractivity contribution in [3.05, 3.63) is 22.7 Å². The van der Waals surface area contributed by atoms with Gasteiger partial charge in [-0.1, -0.05) is 11.6 Å². The standard InChI is InChI=1S/C15H16ClNO6/c16-9-5-8(6-12-13(9)22-4-3-21-12)7-17-14(18)10-1-2-11(23-10)15(19)20/h5-6,10-11H,1-4,7H2,(H,17,18)(H,19,20)/t10-,11+/m0/s1. The Balaban J connectivity index is 1.59. The van der Waals surface area contributed by atoms with Crippen LogP contribution in [-0.2, 0) is 20.9 Å². The lowest BCUT2D eigenvalue weighted by atomic mass is 10.1. The predicted molar refractivity (Wildman–Crippen MR) is 79.8 cm³/mol. The molecular formula is C15H16ClNO6. The molecule has 1 aromatic carbocycles. The molecule has 2 heterocycles. The van der Waals surface area contributed by atoms with E-state index >= 15 is 0 Å². The third-order valence-electron chi connectivity index (χ3n) is 3.71. The zero-order valence-electron chi connectivity index (χ0n) is 12.2. The summed E-state index contributed by atoms with van der Waals surface area (Å²) in [4.78, 5) is 22.9. The van der Waals surface area contributed by atoms with Gasteiger partial charge in [0.25, 0.3) is 0 Å². The maximum absolute atomic E-state index is 12.0. The van der Waals surface area contributed by atoms with Crippen molar-refractivity contribution in [2.45, 2.75) is 31.6 Å². The van der Waals surface area contributed by atoms with Gasteiger partial charge in [0.05, 0.1) is 5.02 Å². The van der Waals surface area contributed by atoms with Crippen LogP contribution < -0.4 is 14.8 Å². The van der Waals surface area contributed by atoms with Crippen molar-refractivity contribution in [1.29, 1.82) is 0 Å². The predicted octanol–water partition coefficient (Wildman–Crippen LogP) is 1.36. The first-order valence-electron chi connectivity index (χ1n) is 7.28. The summed E-state index contributed by atoms with van der Waals surface area (Å²) in [6.45, 7) is 1.14. The topological polar surface area (TPSA) is 94.1 Å². The second kappa shape index (κ2) is 6.64. The Bertz CT molecular complexity index is 635. The highest BCUT2D eigenvalue weighted by molar-refractivity contribution is 6.32. The zero-order chi connectivity index (χ0) is 16.4. The average molecular weight is 342 g/mol. The second-order valence-corrected chi connectivity index (χ2v) is 5.76. The number of aliphatic carboxylic acids is 1. The third kappa shape index (κ3) is 3.51. The molecule has 2 aliphatic heterocycles. The van der Waals surface area contributed by atoms with Gasteiger partial charge in [-0.2, -0.15) is 0 Å². The van der Waals surface area contributed by atoms with Crippen molar-refractivity contribution < 1.29 is 28.9 Å². The summed E-state index contributed by atoms with van der Waals surface area (Å²) in [6, 6.07) is 3.46. The van der Waals surface area contributed by atoms with Gasteiger partial charge in [0.15, 0.2) is 17.6 Å². The number of hydrogen-bond donors (Lipinski definition) is 2. The molecule has 7 nitrogen and oxygen atoms in total. The van der Waals surface area contributed by atoms with E-state index in [1.165, 1.54) is 0 Å². The summed E-state index contributed by atoms with van der Waals surface area (Å²) in [5.41, 5.74) is 0.764. The lowest BCUT2D eigenvalue weighted by molar-refractivity contribution is -0.151. The molecular weight excluding hydrogens is 326 g/mol. The van der Waals surface area contributed by atoms with E-state index in [2.05, 4.69) is 5.32 Å². The number of fused-ring (bicyclic) bond motifs is 1. The molecule has 2 atom stereocenters. The van der Waals surface area contributed by atoms with Gasteiger partial charge in [0.1, 0.15) is 19.3 Å². The van der Waals surface area contributed by atoms with Gasteiger partial charge in [-0.05, 0) is 30.5 Å². The Labute approximate surface area is 137 Å². The van der Waals surface area contributed by atoms with E-state index in [1.54, 1.807) is 12.1 Å².